The maximum absolute atomic E-state index is 13.7. The van der Waals surface area contributed by atoms with Gasteiger partial charge in [0.25, 0.3) is 0 Å². The van der Waals surface area contributed by atoms with E-state index in [1.807, 2.05) is 0 Å². The Morgan fingerprint density at radius 3 is 2.68 bits per heavy atom. The summed E-state index contributed by atoms with van der Waals surface area (Å²) in [5.41, 5.74) is -0.873. The smallest absolute Gasteiger partial charge is 0.144 e. The van der Waals surface area contributed by atoms with Crippen LogP contribution >= 0.6 is 15.9 Å². The fourth-order valence-electron chi connectivity index (χ4n) is 2.08. The van der Waals surface area contributed by atoms with E-state index in [0.717, 1.165) is 0 Å². The average Bonchev–Trinajstić information content (AvgIpc) is 2.39. The molecular weight excluding hydrogens is 320 g/mol. The van der Waals surface area contributed by atoms with Crippen molar-refractivity contribution in [3.8, 4) is 0 Å². The third kappa shape index (κ3) is 3.72. The van der Waals surface area contributed by atoms with Crippen LogP contribution in [0, 0.1) is 11.6 Å². The van der Waals surface area contributed by atoms with Gasteiger partial charge in [0.1, 0.15) is 11.6 Å². The van der Waals surface area contributed by atoms with Crippen LogP contribution in [-0.2, 0) is 11.3 Å². The Balaban J connectivity index is 1.94. The van der Waals surface area contributed by atoms with Crippen LogP contribution in [0.2, 0.25) is 0 Å². The first kappa shape index (κ1) is 14.8. The highest BCUT2D eigenvalue weighted by Gasteiger charge is 2.29. The zero-order valence-electron chi connectivity index (χ0n) is 10.4. The minimum atomic E-state index is -0.850. The van der Waals surface area contributed by atoms with E-state index in [9.17, 15) is 13.9 Å². The largest absolute Gasteiger partial charge is 0.388 e. The standard InChI is InChI=1S/C13H16BrF2NO2/c14-10-1-2-11(15)9(12(10)16)7-17-8-13(18)3-5-19-6-4-13/h1-2,17-18H,3-8H2. The Morgan fingerprint density at radius 2 is 2.00 bits per heavy atom. The SMILES string of the molecule is OC1(CNCc2c(F)ccc(Br)c2F)CCOCC1. The fraction of sp³-hybridized carbons (Fsp3) is 0.538. The Kier molecular flexibility index (Phi) is 4.89. The molecule has 0 amide bonds. The van der Waals surface area contributed by atoms with Gasteiger partial charge in [-0.05, 0) is 28.1 Å². The van der Waals surface area contributed by atoms with Crippen molar-refractivity contribution in [3.63, 3.8) is 0 Å². The summed E-state index contributed by atoms with van der Waals surface area (Å²) < 4.78 is 32.6. The lowest BCUT2D eigenvalue weighted by atomic mass is 9.94. The van der Waals surface area contributed by atoms with Gasteiger partial charge in [0.2, 0.25) is 0 Å². The molecule has 0 aromatic heterocycles. The summed E-state index contributed by atoms with van der Waals surface area (Å²) in [5, 5.41) is 13.1. The van der Waals surface area contributed by atoms with Crippen molar-refractivity contribution in [2.45, 2.75) is 25.0 Å². The van der Waals surface area contributed by atoms with Gasteiger partial charge >= 0.3 is 0 Å². The van der Waals surface area contributed by atoms with Gasteiger partial charge in [-0.1, -0.05) is 0 Å². The molecule has 0 saturated carbocycles. The van der Waals surface area contributed by atoms with Gasteiger partial charge in [-0.2, -0.15) is 0 Å². The lowest BCUT2D eigenvalue weighted by molar-refractivity contribution is -0.0617. The third-order valence-corrected chi connectivity index (χ3v) is 3.93. The molecule has 6 heteroatoms. The number of benzene rings is 1. The molecule has 1 aromatic carbocycles. The molecule has 0 aliphatic carbocycles. The van der Waals surface area contributed by atoms with Crippen molar-refractivity contribution in [3.05, 3.63) is 33.8 Å². The summed E-state index contributed by atoms with van der Waals surface area (Å²) in [6.45, 7) is 1.36. The van der Waals surface area contributed by atoms with Crippen molar-refractivity contribution >= 4 is 15.9 Å². The van der Waals surface area contributed by atoms with Crippen LogP contribution < -0.4 is 5.32 Å². The first-order valence-electron chi connectivity index (χ1n) is 6.15. The van der Waals surface area contributed by atoms with Gasteiger partial charge in [-0.3, -0.25) is 0 Å². The molecule has 1 fully saturated rings. The van der Waals surface area contributed by atoms with Gasteiger partial charge in [-0.25, -0.2) is 8.78 Å². The molecule has 1 aromatic rings. The minimum Gasteiger partial charge on any atom is -0.388 e. The number of ether oxygens (including phenoxy) is 1. The van der Waals surface area contributed by atoms with Crippen LogP contribution in [0.4, 0.5) is 8.78 Å². The maximum atomic E-state index is 13.7. The molecule has 1 saturated heterocycles. The fourth-order valence-corrected chi connectivity index (χ4v) is 2.45. The van der Waals surface area contributed by atoms with Crippen molar-refractivity contribution in [2.75, 3.05) is 19.8 Å². The summed E-state index contributed by atoms with van der Waals surface area (Å²) in [6.07, 6.45) is 1.06. The van der Waals surface area contributed by atoms with E-state index in [0.29, 0.717) is 32.6 Å². The number of rotatable bonds is 4. The highest BCUT2D eigenvalue weighted by atomic mass is 79.9. The minimum absolute atomic E-state index is 0.0231. The molecule has 0 atom stereocenters. The third-order valence-electron chi connectivity index (χ3n) is 3.32. The molecule has 1 aliphatic rings. The Bertz CT molecular complexity index is 451. The summed E-state index contributed by atoms with van der Waals surface area (Å²) in [4.78, 5) is 0. The van der Waals surface area contributed by atoms with Crippen LogP contribution in [0.5, 0.6) is 0 Å². The maximum Gasteiger partial charge on any atom is 0.144 e. The molecule has 2 N–H and O–H groups in total. The molecule has 0 bridgehead atoms. The zero-order valence-corrected chi connectivity index (χ0v) is 12.0. The first-order chi connectivity index (χ1) is 9.02. The molecule has 1 aliphatic heterocycles. The highest BCUT2D eigenvalue weighted by molar-refractivity contribution is 9.10. The predicted octanol–water partition coefficient (Wildman–Crippen LogP) is 2.36. The van der Waals surface area contributed by atoms with Gasteiger partial charge in [-0.15, -0.1) is 0 Å². The number of nitrogens with one attached hydrogen (secondary N) is 1. The van der Waals surface area contributed by atoms with E-state index in [1.165, 1.54) is 12.1 Å². The van der Waals surface area contributed by atoms with Crippen molar-refractivity contribution in [1.29, 1.82) is 0 Å². The van der Waals surface area contributed by atoms with E-state index in [-0.39, 0.29) is 16.6 Å². The molecule has 2 rings (SSSR count). The molecule has 1 heterocycles. The van der Waals surface area contributed by atoms with Gasteiger partial charge < -0.3 is 15.2 Å². The van der Waals surface area contributed by atoms with E-state index < -0.39 is 17.2 Å². The summed E-state index contributed by atoms with van der Waals surface area (Å²) in [6, 6.07) is 2.55. The van der Waals surface area contributed by atoms with Crippen LogP contribution in [-0.4, -0.2) is 30.5 Å². The van der Waals surface area contributed by atoms with Crippen molar-refractivity contribution < 1.29 is 18.6 Å². The Hall–Kier alpha value is -0.560. The number of aliphatic hydroxyl groups is 1. The predicted molar refractivity (Wildman–Crippen MR) is 70.8 cm³/mol. The topological polar surface area (TPSA) is 41.5 Å². The van der Waals surface area contributed by atoms with Crippen molar-refractivity contribution in [2.24, 2.45) is 0 Å². The second kappa shape index (κ2) is 6.26. The number of hydrogen-bond donors (Lipinski definition) is 2. The number of hydrogen-bond acceptors (Lipinski definition) is 3. The molecule has 19 heavy (non-hydrogen) atoms. The second-order valence-electron chi connectivity index (χ2n) is 4.76. The van der Waals surface area contributed by atoms with Crippen LogP contribution in [0.15, 0.2) is 16.6 Å². The Morgan fingerprint density at radius 1 is 1.32 bits per heavy atom. The van der Waals surface area contributed by atoms with E-state index in [4.69, 9.17) is 4.74 Å². The lowest BCUT2D eigenvalue weighted by Gasteiger charge is -2.32. The highest BCUT2D eigenvalue weighted by Crippen LogP contribution is 2.22. The molecule has 3 nitrogen and oxygen atoms in total. The summed E-state index contributed by atoms with van der Waals surface area (Å²) in [7, 11) is 0. The van der Waals surface area contributed by atoms with Crippen LogP contribution in [0.1, 0.15) is 18.4 Å². The van der Waals surface area contributed by atoms with Gasteiger partial charge in [0.05, 0.1) is 10.1 Å². The average molecular weight is 336 g/mol. The molecule has 0 spiro atoms. The normalized spacial score (nSPS) is 18.5. The second-order valence-corrected chi connectivity index (χ2v) is 5.62. The summed E-state index contributed by atoms with van der Waals surface area (Å²) >= 11 is 3.02. The van der Waals surface area contributed by atoms with Crippen LogP contribution in [0.25, 0.3) is 0 Å². The van der Waals surface area contributed by atoms with E-state index in [2.05, 4.69) is 21.2 Å². The zero-order chi connectivity index (χ0) is 13.9. The van der Waals surface area contributed by atoms with Crippen LogP contribution in [0.3, 0.4) is 0 Å². The van der Waals surface area contributed by atoms with E-state index in [1.54, 1.807) is 0 Å². The lowest BCUT2D eigenvalue weighted by Crippen LogP contribution is -2.44. The van der Waals surface area contributed by atoms with Crippen molar-refractivity contribution in [1.82, 2.24) is 5.32 Å². The monoisotopic (exact) mass is 335 g/mol. The quantitative estimate of drug-likeness (QED) is 0.830. The molecule has 0 radical (unpaired) electrons. The van der Waals surface area contributed by atoms with Gasteiger partial charge in [0.15, 0.2) is 0 Å². The summed E-state index contributed by atoms with van der Waals surface area (Å²) in [5.74, 6) is -1.20. The first-order valence-corrected chi connectivity index (χ1v) is 6.94. The molecule has 0 unspecified atom stereocenters. The van der Waals surface area contributed by atoms with E-state index >= 15 is 0 Å². The van der Waals surface area contributed by atoms with Gasteiger partial charge in [0, 0.05) is 44.7 Å². The Labute approximate surface area is 119 Å². The molecular formula is C13H16BrF2NO2. The molecule has 106 valence electrons. The number of halogens is 3.